The van der Waals surface area contributed by atoms with Crippen LogP contribution >= 0.6 is 0 Å². The summed E-state index contributed by atoms with van der Waals surface area (Å²) in [6.45, 7) is -0.254. The highest BCUT2D eigenvalue weighted by Crippen LogP contribution is 2.32. The van der Waals surface area contributed by atoms with Gasteiger partial charge >= 0.3 is 0 Å². The molecule has 1 atom stereocenters. The maximum atomic E-state index is 12.7. The highest BCUT2D eigenvalue weighted by atomic mass is 32.2. The van der Waals surface area contributed by atoms with E-state index in [1.807, 2.05) is 18.2 Å². The normalized spacial score (nSPS) is 16.2. The van der Waals surface area contributed by atoms with Crippen molar-refractivity contribution in [2.24, 2.45) is 0 Å². The Hall–Kier alpha value is -2.58. The van der Waals surface area contributed by atoms with Crippen molar-refractivity contribution in [3.63, 3.8) is 0 Å². The van der Waals surface area contributed by atoms with Crippen LogP contribution in [0.15, 0.2) is 47.4 Å². The number of likely N-dealkylation sites (N-methyl/N-ethyl adjacent to an activating group) is 1. The van der Waals surface area contributed by atoms with E-state index in [2.05, 4.69) is 5.32 Å². The van der Waals surface area contributed by atoms with Gasteiger partial charge in [-0.1, -0.05) is 6.07 Å². The minimum absolute atomic E-state index is 0.115. The van der Waals surface area contributed by atoms with Crippen molar-refractivity contribution in [3.8, 4) is 11.5 Å². The van der Waals surface area contributed by atoms with E-state index in [0.29, 0.717) is 5.75 Å². The molecule has 0 aliphatic heterocycles. The van der Waals surface area contributed by atoms with Crippen LogP contribution in [0.4, 0.5) is 0 Å². The summed E-state index contributed by atoms with van der Waals surface area (Å²) in [5.41, 5.74) is 2.21. The third-order valence-corrected chi connectivity index (χ3v) is 6.95. The number of methoxy groups -OCH3 is 2. The summed E-state index contributed by atoms with van der Waals surface area (Å²) in [4.78, 5) is 12.7. The Balaban J connectivity index is 1.67. The van der Waals surface area contributed by atoms with E-state index in [1.165, 1.54) is 26.3 Å². The van der Waals surface area contributed by atoms with Gasteiger partial charge in [-0.2, -0.15) is 4.31 Å². The fourth-order valence-corrected chi connectivity index (χ4v) is 4.65. The zero-order valence-electron chi connectivity index (χ0n) is 16.8. The molecule has 0 saturated heterocycles. The Kier molecular flexibility index (Phi) is 6.44. The summed E-state index contributed by atoms with van der Waals surface area (Å²) in [7, 11) is 0.774. The maximum absolute atomic E-state index is 12.7. The van der Waals surface area contributed by atoms with Crippen LogP contribution in [-0.2, 0) is 21.2 Å². The number of ether oxygens (including phenoxy) is 2. The molecule has 156 valence electrons. The fraction of sp³-hybridized carbons (Fsp3) is 0.381. The largest absolute Gasteiger partial charge is 0.497 e. The second-order valence-electron chi connectivity index (χ2n) is 7.01. The first kappa shape index (κ1) is 21.1. The van der Waals surface area contributed by atoms with Crippen LogP contribution in [0.3, 0.4) is 0 Å². The number of rotatable bonds is 7. The molecule has 0 heterocycles. The van der Waals surface area contributed by atoms with E-state index in [4.69, 9.17) is 9.47 Å². The van der Waals surface area contributed by atoms with Crippen molar-refractivity contribution in [3.05, 3.63) is 53.6 Å². The van der Waals surface area contributed by atoms with E-state index in [9.17, 15) is 13.2 Å². The molecule has 7 nitrogen and oxygen atoms in total. The molecule has 0 spiro atoms. The fourth-order valence-electron chi connectivity index (χ4n) is 3.52. The van der Waals surface area contributed by atoms with Gasteiger partial charge in [0, 0.05) is 7.05 Å². The van der Waals surface area contributed by atoms with Gasteiger partial charge < -0.3 is 14.8 Å². The monoisotopic (exact) mass is 418 g/mol. The molecule has 1 amide bonds. The van der Waals surface area contributed by atoms with Gasteiger partial charge in [0.1, 0.15) is 11.5 Å². The quantitative estimate of drug-likeness (QED) is 0.747. The number of hydrogen-bond donors (Lipinski definition) is 1. The van der Waals surface area contributed by atoms with Gasteiger partial charge in [-0.15, -0.1) is 0 Å². The number of hydrogen-bond acceptors (Lipinski definition) is 5. The Labute approximate surface area is 171 Å². The molecule has 0 saturated carbocycles. The zero-order valence-corrected chi connectivity index (χ0v) is 17.7. The van der Waals surface area contributed by atoms with Gasteiger partial charge in [-0.25, -0.2) is 8.42 Å². The van der Waals surface area contributed by atoms with E-state index in [0.717, 1.165) is 40.4 Å². The SMILES string of the molecule is COc1ccc(S(=O)(=O)N(C)CC(=O)N[C@@H]2CCCc3cc(OC)ccc32)cc1. The average molecular weight is 419 g/mol. The van der Waals surface area contributed by atoms with Crippen LogP contribution in [0.2, 0.25) is 0 Å². The molecule has 2 aromatic carbocycles. The number of nitrogens with one attached hydrogen (secondary N) is 1. The van der Waals surface area contributed by atoms with Crippen LogP contribution in [0.1, 0.15) is 30.0 Å². The molecule has 1 N–H and O–H groups in total. The lowest BCUT2D eigenvalue weighted by Gasteiger charge is -2.27. The Morgan fingerprint density at radius 3 is 2.41 bits per heavy atom. The lowest BCUT2D eigenvalue weighted by atomic mass is 9.87. The Morgan fingerprint density at radius 1 is 1.10 bits per heavy atom. The molecule has 3 rings (SSSR count). The molecular formula is C21H26N2O5S. The minimum Gasteiger partial charge on any atom is -0.497 e. The van der Waals surface area contributed by atoms with Crippen LogP contribution in [0.25, 0.3) is 0 Å². The van der Waals surface area contributed by atoms with Gasteiger partial charge in [0.2, 0.25) is 15.9 Å². The number of aryl methyl sites for hydroxylation is 1. The van der Waals surface area contributed by atoms with E-state index < -0.39 is 10.0 Å². The van der Waals surface area contributed by atoms with Gasteiger partial charge in [0.15, 0.2) is 0 Å². The van der Waals surface area contributed by atoms with E-state index in [1.54, 1.807) is 19.2 Å². The summed E-state index contributed by atoms with van der Waals surface area (Å²) in [5, 5.41) is 2.98. The van der Waals surface area contributed by atoms with Crippen molar-refractivity contribution in [2.75, 3.05) is 27.8 Å². The van der Waals surface area contributed by atoms with Crippen LogP contribution in [0.5, 0.6) is 11.5 Å². The average Bonchev–Trinajstić information content (AvgIpc) is 2.73. The lowest BCUT2D eigenvalue weighted by molar-refractivity contribution is -0.122. The molecule has 1 aliphatic carbocycles. The molecule has 29 heavy (non-hydrogen) atoms. The van der Waals surface area contributed by atoms with E-state index >= 15 is 0 Å². The van der Waals surface area contributed by atoms with Crippen LogP contribution in [0, 0.1) is 0 Å². The summed E-state index contributed by atoms with van der Waals surface area (Å²) in [6, 6.07) is 11.8. The zero-order chi connectivity index (χ0) is 21.0. The molecule has 0 radical (unpaired) electrons. The van der Waals surface area contributed by atoms with Crippen molar-refractivity contribution in [1.29, 1.82) is 0 Å². The van der Waals surface area contributed by atoms with Gasteiger partial charge in [0.25, 0.3) is 0 Å². The summed E-state index contributed by atoms with van der Waals surface area (Å²) < 4.78 is 36.8. The van der Waals surface area contributed by atoms with Gasteiger partial charge in [0.05, 0.1) is 31.7 Å². The second-order valence-corrected chi connectivity index (χ2v) is 9.06. The van der Waals surface area contributed by atoms with Crippen LogP contribution < -0.4 is 14.8 Å². The number of sulfonamides is 1. The summed E-state index contributed by atoms with van der Waals surface area (Å²) >= 11 is 0. The van der Waals surface area contributed by atoms with Gasteiger partial charge in [-0.3, -0.25) is 4.79 Å². The second kappa shape index (κ2) is 8.84. The topological polar surface area (TPSA) is 84.9 Å². The first-order valence-electron chi connectivity index (χ1n) is 9.41. The molecule has 1 aliphatic rings. The van der Waals surface area contributed by atoms with Crippen molar-refractivity contribution in [1.82, 2.24) is 9.62 Å². The van der Waals surface area contributed by atoms with Crippen LogP contribution in [-0.4, -0.2) is 46.4 Å². The Bertz CT molecular complexity index is 973. The summed E-state index contributed by atoms with van der Waals surface area (Å²) in [5.74, 6) is 1.02. The third-order valence-electron chi connectivity index (χ3n) is 5.13. The van der Waals surface area contributed by atoms with Crippen molar-refractivity contribution in [2.45, 2.75) is 30.2 Å². The minimum atomic E-state index is -3.77. The highest BCUT2D eigenvalue weighted by molar-refractivity contribution is 7.89. The Morgan fingerprint density at radius 2 is 1.76 bits per heavy atom. The summed E-state index contributed by atoms with van der Waals surface area (Å²) in [6.07, 6.45) is 2.70. The predicted octanol–water partition coefficient (Wildman–Crippen LogP) is 2.52. The maximum Gasteiger partial charge on any atom is 0.243 e. The number of amides is 1. The molecular weight excluding hydrogens is 392 g/mol. The number of carbonyl (C=O) groups excluding carboxylic acids is 1. The number of carbonyl (C=O) groups is 1. The molecule has 0 bridgehead atoms. The van der Waals surface area contributed by atoms with Crippen molar-refractivity contribution < 1.29 is 22.7 Å². The smallest absolute Gasteiger partial charge is 0.243 e. The molecule has 0 aromatic heterocycles. The standard InChI is InChI=1S/C21H26N2O5S/c1-23(29(25,26)18-10-7-16(27-2)8-11-18)14-21(24)22-20-6-4-5-15-13-17(28-3)9-12-19(15)20/h7-13,20H,4-6,14H2,1-3H3,(H,22,24)/t20-/m1/s1. The first-order valence-corrected chi connectivity index (χ1v) is 10.9. The number of benzene rings is 2. The number of fused-ring (bicyclic) bond motifs is 1. The predicted molar refractivity (Wildman–Crippen MR) is 110 cm³/mol. The first-order chi connectivity index (χ1) is 13.8. The molecule has 2 aromatic rings. The molecule has 0 fully saturated rings. The lowest BCUT2D eigenvalue weighted by Crippen LogP contribution is -2.40. The van der Waals surface area contributed by atoms with Crippen molar-refractivity contribution >= 4 is 15.9 Å². The third kappa shape index (κ3) is 4.71. The molecule has 0 unspecified atom stereocenters. The van der Waals surface area contributed by atoms with E-state index in [-0.39, 0.29) is 23.4 Å². The molecule has 8 heteroatoms. The van der Waals surface area contributed by atoms with Gasteiger partial charge in [-0.05, 0) is 66.8 Å². The highest BCUT2D eigenvalue weighted by Gasteiger charge is 2.26. The number of nitrogens with zero attached hydrogens (tertiary/aromatic N) is 1.